The number of nitrogens with zero attached hydrogens (tertiary/aromatic N) is 2. The van der Waals surface area contributed by atoms with Crippen molar-refractivity contribution in [1.82, 2.24) is 14.8 Å². The largest absolute Gasteiger partial charge is 0.494 e. The number of anilines is 1. The van der Waals surface area contributed by atoms with Crippen LogP contribution in [0.2, 0.25) is 0 Å². The monoisotopic (exact) mass is 392 g/mol. The molecule has 6 nitrogen and oxygen atoms in total. The standard InChI is InChI=1S/C21H20N4O2S/c1-3-15-6-5-7-17(14-15)22-19(26)12-13-25-20(23-24-21(25)28)16-8-10-18(11-9-16)27-4-2/h1,5-11,14H,4,12-13H2,2H3,(H,22,26)(H,24,28). The van der Waals surface area contributed by atoms with Crippen molar-refractivity contribution in [3.05, 3.63) is 58.9 Å². The van der Waals surface area contributed by atoms with Crippen LogP contribution in [0.25, 0.3) is 11.4 Å². The van der Waals surface area contributed by atoms with E-state index >= 15 is 0 Å². The van der Waals surface area contributed by atoms with Gasteiger partial charge in [0.05, 0.1) is 6.61 Å². The van der Waals surface area contributed by atoms with Gasteiger partial charge < -0.3 is 10.1 Å². The van der Waals surface area contributed by atoms with Gasteiger partial charge in [-0.1, -0.05) is 12.0 Å². The molecule has 0 bridgehead atoms. The lowest BCUT2D eigenvalue weighted by Gasteiger charge is -2.09. The summed E-state index contributed by atoms with van der Waals surface area (Å²) in [4.78, 5) is 12.3. The zero-order valence-corrected chi connectivity index (χ0v) is 16.3. The fourth-order valence-corrected chi connectivity index (χ4v) is 2.96. The van der Waals surface area contributed by atoms with E-state index in [2.05, 4.69) is 21.4 Å². The first kappa shape index (κ1) is 19.4. The van der Waals surface area contributed by atoms with Gasteiger partial charge in [0.2, 0.25) is 5.91 Å². The number of hydrogen-bond acceptors (Lipinski definition) is 4. The first-order chi connectivity index (χ1) is 13.6. The predicted molar refractivity (Wildman–Crippen MR) is 112 cm³/mol. The average molecular weight is 392 g/mol. The molecule has 0 aliphatic carbocycles. The molecular weight excluding hydrogens is 372 g/mol. The lowest BCUT2D eigenvalue weighted by Crippen LogP contribution is -2.15. The van der Waals surface area contributed by atoms with Gasteiger partial charge in [-0.2, -0.15) is 5.10 Å². The van der Waals surface area contributed by atoms with Gasteiger partial charge in [0.25, 0.3) is 0 Å². The van der Waals surface area contributed by atoms with Crippen LogP contribution in [0.4, 0.5) is 5.69 Å². The minimum Gasteiger partial charge on any atom is -0.494 e. The minimum absolute atomic E-state index is 0.130. The van der Waals surface area contributed by atoms with Crippen molar-refractivity contribution in [1.29, 1.82) is 0 Å². The van der Waals surface area contributed by atoms with Crippen LogP contribution >= 0.6 is 12.2 Å². The summed E-state index contributed by atoms with van der Waals surface area (Å²) < 4.78 is 7.74. The Morgan fingerprint density at radius 3 is 2.82 bits per heavy atom. The van der Waals surface area contributed by atoms with Crippen molar-refractivity contribution in [3.63, 3.8) is 0 Å². The summed E-state index contributed by atoms with van der Waals surface area (Å²) in [6.07, 6.45) is 5.64. The molecule has 0 aliphatic rings. The van der Waals surface area contributed by atoms with Gasteiger partial charge in [-0.3, -0.25) is 14.5 Å². The second-order valence-electron chi connectivity index (χ2n) is 5.98. The Labute approximate surface area is 168 Å². The maximum atomic E-state index is 12.3. The van der Waals surface area contributed by atoms with E-state index in [0.29, 0.717) is 35.0 Å². The van der Waals surface area contributed by atoms with Gasteiger partial charge in [-0.25, -0.2) is 0 Å². The molecule has 0 spiro atoms. The van der Waals surface area contributed by atoms with Gasteiger partial charge in [0.1, 0.15) is 5.75 Å². The third-order valence-electron chi connectivity index (χ3n) is 4.06. The van der Waals surface area contributed by atoms with E-state index in [0.717, 1.165) is 11.3 Å². The quantitative estimate of drug-likeness (QED) is 0.471. The molecule has 2 N–H and O–H groups in total. The molecule has 0 saturated heterocycles. The van der Waals surface area contributed by atoms with Crippen molar-refractivity contribution in [2.24, 2.45) is 0 Å². The number of hydrogen-bond donors (Lipinski definition) is 2. The Bertz CT molecular complexity index is 1060. The molecular formula is C21H20N4O2S. The third kappa shape index (κ3) is 4.67. The van der Waals surface area contributed by atoms with Crippen molar-refractivity contribution >= 4 is 23.8 Å². The molecule has 3 aromatic rings. The maximum Gasteiger partial charge on any atom is 0.226 e. The van der Waals surface area contributed by atoms with Crippen molar-refractivity contribution < 1.29 is 9.53 Å². The molecule has 0 radical (unpaired) electrons. The lowest BCUT2D eigenvalue weighted by atomic mass is 10.2. The summed E-state index contributed by atoms with van der Waals surface area (Å²) in [6, 6.07) is 14.8. The van der Waals surface area contributed by atoms with E-state index in [-0.39, 0.29) is 12.3 Å². The number of terminal acetylenes is 1. The SMILES string of the molecule is C#Cc1cccc(NC(=O)CCn2c(-c3ccc(OCC)cc3)n[nH]c2=S)c1. The highest BCUT2D eigenvalue weighted by molar-refractivity contribution is 7.71. The topological polar surface area (TPSA) is 71.9 Å². The number of amides is 1. The number of ether oxygens (including phenoxy) is 1. The van der Waals surface area contributed by atoms with E-state index < -0.39 is 0 Å². The Hall–Kier alpha value is -3.37. The highest BCUT2D eigenvalue weighted by Crippen LogP contribution is 2.21. The Morgan fingerprint density at radius 1 is 1.32 bits per heavy atom. The number of aromatic amines is 1. The van der Waals surface area contributed by atoms with Crippen molar-refractivity contribution in [2.75, 3.05) is 11.9 Å². The molecule has 0 aliphatic heterocycles. The van der Waals surface area contributed by atoms with Crippen LogP contribution < -0.4 is 10.1 Å². The molecule has 1 amide bonds. The number of H-pyrrole nitrogens is 1. The lowest BCUT2D eigenvalue weighted by molar-refractivity contribution is -0.116. The number of carbonyl (C=O) groups is 1. The van der Waals surface area contributed by atoms with Crippen molar-refractivity contribution in [2.45, 2.75) is 19.9 Å². The molecule has 0 atom stereocenters. The molecule has 1 aromatic heterocycles. The number of benzene rings is 2. The first-order valence-electron chi connectivity index (χ1n) is 8.85. The number of aromatic nitrogens is 3. The van der Waals surface area contributed by atoms with Crippen LogP contribution in [0.1, 0.15) is 18.9 Å². The third-order valence-corrected chi connectivity index (χ3v) is 4.37. The highest BCUT2D eigenvalue weighted by Gasteiger charge is 2.11. The van der Waals surface area contributed by atoms with Gasteiger partial charge in [-0.15, -0.1) is 6.42 Å². The number of nitrogens with one attached hydrogen (secondary N) is 2. The molecule has 1 heterocycles. The van der Waals surface area contributed by atoms with Gasteiger partial charge in [-0.05, 0) is 61.6 Å². The predicted octanol–water partition coefficient (Wildman–Crippen LogP) is 4.02. The van der Waals surface area contributed by atoms with Crippen LogP contribution in [0.3, 0.4) is 0 Å². The van der Waals surface area contributed by atoms with Crippen molar-refractivity contribution in [3.8, 4) is 29.5 Å². The summed E-state index contributed by atoms with van der Waals surface area (Å²) in [6.45, 7) is 2.95. The smallest absolute Gasteiger partial charge is 0.226 e. The zero-order chi connectivity index (χ0) is 19.9. The number of rotatable bonds is 7. The Balaban J connectivity index is 1.69. The second-order valence-corrected chi connectivity index (χ2v) is 6.37. The average Bonchev–Trinajstić information content (AvgIpc) is 3.08. The van der Waals surface area contributed by atoms with Gasteiger partial charge >= 0.3 is 0 Å². The van der Waals surface area contributed by atoms with Crippen LogP contribution in [-0.2, 0) is 11.3 Å². The normalized spacial score (nSPS) is 10.3. The maximum absolute atomic E-state index is 12.3. The molecule has 0 fully saturated rings. The van der Waals surface area contributed by atoms with Gasteiger partial charge in [0, 0.05) is 29.8 Å². The summed E-state index contributed by atoms with van der Waals surface area (Å²) in [5, 5.41) is 9.94. The molecule has 0 unspecified atom stereocenters. The fraction of sp³-hybridized carbons (Fsp3) is 0.190. The molecule has 142 valence electrons. The number of carbonyl (C=O) groups excluding carboxylic acids is 1. The van der Waals surface area contributed by atoms with Crippen LogP contribution in [-0.4, -0.2) is 27.3 Å². The highest BCUT2D eigenvalue weighted by atomic mass is 32.1. The molecule has 0 saturated carbocycles. The van der Waals surface area contributed by atoms with Crippen LogP contribution in [0, 0.1) is 17.1 Å². The van der Waals surface area contributed by atoms with Crippen LogP contribution in [0.15, 0.2) is 48.5 Å². The van der Waals surface area contributed by atoms with E-state index in [4.69, 9.17) is 23.4 Å². The first-order valence-corrected chi connectivity index (χ1v) is 9.26. The van der Waals surface area contributed by atoms with E-state index in [1.807, 2.05) is 41.8 Å². The molecule has 7 heteroatoms. The van der Waals surface area contributed by atoms with E-state index in [9.17, 15) is 4.79 Å². The summed E-state index contributed by atoms with van der Waals surface area (Å²) >= 11 is 5.32. The van der Waals surface area contributed by atoms with E-state index in [1.165, 1.54) is 0 Å². The van der Waals surface area contributed by atoms with Gasteiger partial charge in [0.15, 0.2) is 10.6 Å². The minimum atomic E-state index is -0.130. The zero-order valence-electron chi connectivity index (χ0n) is 15.4. The summed E-state index contributed by atoms with van der Waals surface area (Å²) in [7, 11) is 0. The second kappa shape index (κ2) is 9.02. The summed E-state index contributed by atoms with van der Waals surface area (Å²) in [5.41, 5.74) is 2.27. The summed E-state index contributed by atoms with van der Waals surface area (Å²) in [5.74, 6) is 3.89. The Kier molecular flexibility index (Phi) is 6.25. The molecule has 3 rings (SSSR count). The molecule has 2 aromatic carbocycles. The van der Waals surface area contributed by atoms with Crippen LogP contribution in [0.5, 0.6) is 5.75 Å². The molecule has 28 heavy (non-hydrogen) atoms. The van der Waals surface area contributed by atoms with E-state index in [1.54, 1.807) is 18.2 Å². The fourth-order valence-electron chi connectivity index (χ4n) is 2.74. The Morgan fingerprint density at radius 2 is 2.11 bits per heavy atom.